The van der Waals surface area contributed by atoms with Crippen molar-refractivity contribution in [2.75, 3.05) is 0 Å². The summed E-state index contributed by atoms with van der Waals surface area (Å²) in [4.78, 5) is 0. The fourth-order valence-electron chi connectivity index (χ4n) is 4.95. The zero-order valence-electron chi connectivity index (χ0n) is 15.3. The number of rotatable bonds is 0. The first-order valence-electron chi connectivity index (χ1n) is 9.38. The third kappa shape index (κ3) is 1.83. The second kappa shape index (κ2) is 5.32. The van der Waals surface area contributed by atoms with Crippen LogP contribution in [-0.4, -0.2) is 15.3 Å². The van der Waals surface area contributed by atoms with Crippen LogP contribution in [0.2, 0.25) is 0 Å². The summed E-state index contributed by atoms with van der Waals surface area (Å²) >= 11 is 0. The van der Waals surface area contributed by atoms with E-state index in [2.05, 4.69) is 0 Å². The summed E-state index contributed by atoms with van der Waals surface area (Å²) in [6.07, 6.45) is 0. The van der Waals surface area contributed by atoms with Crippen LogP contribution in [0.5, 0.6) is 28.7 Å². The molecular formula is C25H16O4. The predicted molar refractivity (Wildman–Crippen MR) is 109 cm³/mol. The van der Waals surface area contributed by atoms with Gasteiger partial charge in [0, 0.05) is 16.7 Å². The molecule has 0 radical (unpaired) electrons. The number of fused-ring (bicyclic) bond motifs is 9. The molecule has 2 aliphatic rings. The molecule has 4 heteroatoms. The molecule has 0 atom stereocenters. The standard InChI is InChI=1S/C25H16O4/c26-14-9-10-15-16-11-12-20(27)24(28)23(16)25(19(15)13-14)17-5-1-3-7-21(17)29-22-8-4-2-6-18(22)25/h1-13,26-28H. The van der Waals surface area contributed by atoms with Crippen molar-refractivity contribution in [2.24, 2.45) is 0 Å². The van der Waals surface area contributed by atoms with Gasteiger partial charge >= 0.3 is 0 Å². The molecule has 1 aliphatic heterocycles. The minimum Gasteiger partial charge on any atom is -0.508 e. The molecule has 29 heavy (non-hydrogen) atoms. The van der Waals surface area contributed by atoms with E-state index in [0.717, 1.165) is 27.8 Å². The van der Waals surface area contributed by atoms with E-state index in [1.807, 2.05) is 60.7 Å². The van der Waals surface area contributed by atoms with Crippen LogP contribution in [0.1, 0.15) is 22.3 Å². The Balaban J connectivity index is 1.89. The highest BCUT2D eigenvalue weighted by Gasteiger charge is 2.53. The predicted octanol–water partition coefficient (Wildman–Crippen LogP) is 5.27. The Bertz CT molecular complexity index is 1280. The molecule has 4 aromatic carbocycles. The van der Waals surface area contributed by atoms with E-state index in [1.54, 1.807) is 12.1 Å². The molecule has 0 unspecified atom stereocenters. The highest BCUT2D eigenvalue weighted by Crippen LogP contribution is 2.65. The first kappa shape index (κ1) is 16.1. The van der Waals surface area contributed by atoms with E-state index in [0.29, 0.717) is 17.1 Å². The molecule has 6 rings (SSSR count). The molecular weight excluding hydrogens is 364 g/mol. The van der Waals surface area contributed by atoms with Crippen molar-refractivity contribution in [1.29, 1.82) is 0 Å². The van der Waals surface area contributed by atoms with Crippen LogP contribution < -0.4 is 4.74 Å². The van der Waals surface area contributed by atoms with Gasteiger partial charge in [-0.05, 0) is 47.0 Å². The molecule has 0 bridgehead atoms. The molecule has 0 fully saturated rings. The van der Waals surface area contributed by atoms with Crippen LogP contribution in [-0.2, 0) is 5.41 Å². The normalized spacial score (nSPS) is 14.5. The van der Waals surface area contributed by atoms with Crippen molar-refractivity contribution in [2.45, 2.75) is 5.41 Å². The molecule has 1 spiro atoms. The van der Waals surface area contributed by atoms with Crippen molar-refractivity contribution in [1.82, 2.24) is 0 Å². The lowest BCUT2D eigenvalue weighted by atomic mass is 9.66. The van der Waals surface area contributed by atoms with E-state index in [9.17, 15) is 15.3 Å². The van der Waals surface area contributed by atoms with E-state index < -0.39 is 5.41 Å². The zero-order chi connectivity index (χ0) is 19.8. The number of ether oxygens (including phenoxy) is 1. The Morgan fingerprint density at radius 1 is 0.621 bits per heavy atom. The summed E-state index contributed by atoms with van der Waals surface area (Å²) < 4.78 is 6.19. The van der Waals surface area contributed by atoms with Crippen molar-refractivity contribution >= 4 is 0 Å². The third-order valence-corrected chi connectivity index (χ3v) is 6.03. The minimum absolute atomic E-state index is 0.140. The number of para-hydroxylation sites is 2. The van der Waals surface area contributed by atoms with Crippen molar-refractivity contribution in [3.63, 3.8) is 0 Å². The molecule has 1 heterocycles. The number of hydrogen-bond acceptors (Lipinski definition) is 4. The van der Waals surface area contributed by atoms with Gasteiger partial charge < -0.3 is 20.1 Å². The minimum atomic E-state index is -0.919. The van der Waals surface area contributed by atoms with Gasteiger partial charge in [0.15, 0.2) is 11.5 Å². The van der Waals surface area contributed by atoms with Crippen LogP contribution in [0, 0.1) is 0 Å². The molecule has 0 amide bonds. The Kier molecular flexibility index (Phi) is 2.95. The zero-order valence-corrected chi connectivity index (χ0v) is 15.3. The van der Waals surface area contributed by atoms with Gasteiger partial charge in [0.25, 0.3) is 0 Å². The molecule has 3 N–H and O–H groups in total. The van der Waals surface area contributed by atoms with E-state index in [4.69, 9.17) is 4.74 Å². The third-order valence-electron chi connectivity index (χ3n) is 6.03. The summed E-state index contributed by atoms with van der Waals surface area (Å²) in [7, 11) is 0. The lowest BCUT2D eigenvalue weighted by Gasteiger charge is -2.39. The summed E-state index contributed by atoms with van der Waals surface area (Å²) in [5.74, 6) is 1.15. The van der Waals surface area contributed by atoms with Gasteiger partial charge in [-0.15, -0.1) is 0 Å². The average Bonchev–Trinajstić information content (AvgIpc) is 3.02. The summed E-state index contributed by atoms with van der Waals surface area (Å²) in [5, 5.41) is 31.8. The Hall–Kier alpha value is -3.92. The van der Waals surface area contributed by atoms with Gasteiger partial charge in [-0.1, -0.05) is 48.5 Å². The maximum atomic E-state index is 11.1. The van der Waals surface area contributed by atoms with Crippen LogP contribution in [0.15, 0.2) is 78.9 Å². The maximum absolute atomic E-state index is 11.1. The van der Waals surface area contributed by atoms with Crippen molar-refractivity contribution in [3.05, 3.63) is 101 Å². The Morgan fingerprint density at radius 2 is 1.24 bits per heavy atom. The second-order valence-electron chi connectivity index (χ2n) is 7.43. The van der Waals surface area contributed by atoms with Crippen molar-refractivity contribution < 1.29 is 20.1 Å². The van der Waals surface area contributed by atoms with E-state index in [-0.39, 0.29) is 17.2 Å². The van der Waals surface area contributed by atoms with Crippen LogP contribution >= 0.6 is 0 Å². The molecule has 4 aromatic rings. The molecule has 4 nitrogen and oxygen atoms in total. The van der Waals surface area contributed by atoms with E-state index in [1.165, 1.54) is 6.07 Å². The second-order valence-corrected chi connectivity index (χ2v) is 7.43. The molecule has 0 saturated carbocycles. The highest BCUT2D eigenvalue weighted by atomic mass is 16.5. The average molecular weight is 380 g/mol. The van der Waals surface area contributed by atoms with Crippen LogP contribution in [0.25, 0.3) is 11.1 Å². The number of benzene rings is 4. The number of hydrogen-bond donors (Lipinski definition) is 3. The molecule has 1 aliphatic carbocycles. The lowest BCUT2D eigenvalue weighted by molar-refractivity contribution is 0.390. The van der Waals surface area contributed by atoms with Crippen LogP contribution in [0.3, 0.4) is 0 Å². The summed E-state index contributed by atoms with van der Waals surface area (Å²) in [5.41, 5.74) is 3.95. The highest BCUT2D eigenvalue weighted by molar-refractivity contribution is 5.91. The molecule has 140 valence electrons. The SMILES string of the molecule is Oc1ccc2c(c1)C1(c3ccccc3Oc3ccccc31)c1c-2ccc(O)c1O. The van der Waals surface area contributed by atoms with Gasteiger partial charge in [0.1, 0.15) is 17.2 Å². The smallest absolute Gasteiger partial charge is 0.162 e. The monoisotopic (exact) mass is 380 g/mol. The Labute approximate surface area is 166 Å². The number of aromatic hydroxyl groups is 3. The Morgan fingerprint density at radius 3 is 1.93 bits per heavy atom. The van der Waals surface area contributed by atoms with Gasteiger partial charge in [-0.25, -0.2) is 0 Å². The lowest BCUT2D eigenvalue weighted by Crippen LogP contribution is -2.32. The van der Waals surface area contributed by atoms with Crippen molar-refractivity contribution in [3.8, 4) is 39.9 Å². The van der Waals surface area contributed by atoms with E-state index >= 15 is 0 Å². The van der Waals surface area contributed by atoms with Gasteiger partial charge in [0.2, 0.25) is 0 Å². The molecule has 0 saturated heterocycles. The topological polar surface area (TPSA) is 69.9 Å². The number of phenolic OH excluding ortho intramolecular Hbond substituents is 3. The first-order chi connectivity index (χ1) is 14.1. The number of phenols is 3. The fourth-order valence-corrected chi connectivity index (χ4v) is 4.95. The molecule has 0 aromatic heterocycles. The quantitative estimate of drug-likeness (QED) is 0.314. The largest absolute Gasteiger partial charge is 0.508 e. The van der Waals surface area contributed by atoms with Gasteiger partial charge in [0.05, 0.1) is 5.41 Å². The first-order valence-corrected chi connectivity index (χ1v) is 9.38. The summed E-state index contributed by atoms with van der Waals surface area (Å²) in [6.45, 7) is 0. The fraction of sp³-hybridized carbons (Fsp3) is 0.0400. The maximum Gasteiger partial charge on any atom is 0.162 e. The summed E-state index contributed by atoms with van der Waals surface area (Å²) in [6, 6.07) is 24.0. The van der Waals surface area contributed by atoms with Gasteiger partial charge in [-0.3, -0.25) is 0 Å². The van der Waals surface area contributed by atoms with Gasteiger partial charge in [-0.2, -0.15) is 0 Å². The van der Waals surface area contributed by atoms with Crippen LogP contribution in [0.4, 0.5) is 0 Å².